The lowest BCUT2D eigenvalue weighted by molar-refractivity contribution is -0.0187. The van der Waals surface area contributed by atoms with Crippen LogP contribution in [0.3, 0.4) is 0 Å². The molecule has 2 rings (SSSR count). The maximum Gasteiger partial charge on any atom is 0.0724 e. The maximum atomic E-state index is 5.60. The Hall–Kier alpha value is -0.120. The maximum absolute atomic E-state index is 5.60. The van der Waals surface area contributed by atoms with Gasteiger partial charge < -0.3 is 15.0 Å². The molecule has 2 heterocycles. The van der Waals surface area contributed by atoms with E-state index in [9.17, 15) is 0 Å². The first-order valence-corrected chi connectivity index (χ1v) is 7.09. The van der Waals surface area contributed by atoms with Crippen molar-refractivity contribution in [1.29, 1.82) is 0 Å². The van der Waals surface area contributed by atoms with Crippen molar-refractivity contribution in [2.45, 2.75) is 39.2 Å². The molecule has 2 saturated heterocycles. The Morgan fingerprint density at radius 1 is 1.47 bits per heavy atom. The summed E-state index contributed by atoms with van der Waals surface area (Å²) in [5.41, 5.74) is 0.469. The van der Waals surface area contributed by atoms with Gasteiger partial charge >= 0.3 is 0 Å². The summed E-state index contributed by atoms with van der Waals surface area (Å²) in [5, 5.41) is 3.54. The first-order valence-electron chi connectivity index (χ1n) is 7.09. The molecule has 0 aromatic heterocycles. The van der Waals surface area contributed by atoms with Crippen molar-refractivity contribution in [3.63, 3.8) is 0 Å². The van der Waals surface area contributed by atoms with Gasteiger partial charge in [0, 0.05) is 26.7 Å². The van der Waals surface area contributed by atoms with Crippen molar-refractivity contribution in [3.8, 4) is 0 Å². The molecule has 0 amide bonds. The molecule has 0 aliphatic carbocycles. The number of hydrogen-bond acceptors (Lipinski definition) is 3. The molecule has 0 spiro atoms. The number of nitrogens with one attached hydrogen (secondary N) is 1. The van der Waals surface area contributed by atoms with E-state index in [1.165, 1.54) is 45.4 Å². The van der Waals surface area contributed by atoms with Crippen LogP contribution in [0.15, 0.2) is 0 Å². The van der Waals surface area contributed by atoms with Gasteiger partial charge in [0.25, 0.3) is 0 Å². The first kappa shape index (κ1) is 13.3. The van der Waals surface area contributed by atoms with Crippen LogP contribution in [0.5, 0.6) is 0 Å². The molecule has 3 nitrogen and oxygen atoms in total. The van der Waals surface area contributed by atoms with Gasteiger partial charge in [0.2, 0.25) is 0 Å². The van der Waals surface area contributed by atoms with Crippen molar-refractivity contribution in [1.82, 2.24) is 10.2 Å². The Morgan fingerprint density at radius 2 is 2.29 bits per heavy atom. The summed E-state index contributed by atoms with van der Waals surface area (Å²) in [4.78, 5) is 2.61. The van der Waals surface area contributed by atoms with Crippen LogP contribution in [0.4, 0.5) is 0 Å². The molecule has 2 aliphatic rings. The number of likely N-dealkylation sites (tertiary alicyclic amines) is 1. The van der Waals surface area contributed by atoms with Crippen LogP contribution in [-0.4, -0.2) is 50.8 Å². The van der Waals surface area contributed by atoms with Crippen molar-refractivity contribution in [3.05, 3.63) is 0 Å². The third-order valence-corrected chi connectivity index (χ3v) is 4.57. The topological polar surface area (TPSA) is 24.5 Å². The normalized spacial score (nSPS) is 40.4. The predicted octanol–water partition coefficient (Wildman–Crippen LogP) is 1.73. The molecule has 17 heavy (non-hydrogen) atoms. The molecule has 3 atom stereocenters. The molecular weight excluding hydrogens is 212 g/mol. The van der Waals surface area contributed by atoms with Gasteiger partial charge in [0.1, 0.15) is 0 Å². The van der Waals surface area contributed by atoms with Crippen LogP contribution in [0.2, 0.25) is 0 Å². The fourth-order valence-electron chi connectivity index (χ4n) is 3.34. The predicted molar refractivity (Wildman–Crippen MR) is 71.2 cm³/mol. The summed E-state index contributed by atoms with van der Waals surface area (Å²) in [7, 11) is 1.86. The van der Waals surface area contributed by atoms with E-state index in [0.717, 1.165) is 6.54 Å². The largest absolute Gasteiger partial charge is 0.380 e. The smallest absolute Gasteiger partial charge is 0.0724 e. The second-order valence-electron chi connectivity index (χ2n) is 6.37. The van der Waals surface area contributed by atoms with Crippen molar-refractivity contribution in [2.24, 2.45) is 11.3 Å². The van der Waals surface area contributed by atoms with Crippen molar-refractivity contribution in [2.75, 3.05) is 39.8 Å². The number of methoxy groups -OCH3 is 1. The van der Waals surface area contributed by atoms with Crippen LogP contribution in [0, 0.1) is 11.3 Å². The zero-order valence-corrected chi connectivity index (χ0v) is 11.7. The zero-order chi connectivity index (χ0) is 12.3. The highest BCUT2D eigenvalue weighted by Gasteiger charge is 2.33. The van der Waals surface area contributed by atoms with Crippen molar-refractivity contribution >= 4 is 0 Å². The SMILES string of the molecule is COC1CN(CC2(C)CCCNC2)CCC1C. The fraction of sp³-hybridized carbons (Fsp3) is 1.00. The van der Waals surface area contributed by atoms with E-state index < -0.39 is 0 Å². The minimum Gasteiger partial charge on any atom is -0.380 e. The summed E-state index contributed by atoms with van der Waals surface area (Å²) in [6, 6.07) is 0. The van der Waals surface area contributed by atoms with Gasteiger partial charge in [-0.3, -0.25) is 0 Å². The van der Waals surface area contributed by atoms with E-state index in [2.05, 4.69) is 24.1 Å². The second kappa shape index (κ2) is 5.68. The van der Waals surface area contributed by atoms with Crippen LogP contribution >= 0.6 is 0 Å². The molecule has 0 bridgehead atoms. The third-order valence-electron chi connectivity index (χ3n) is 4.57. The lowest BCUT2D eigenvalue weighted by Gasteiger charge is -2.43. The Morgan fingerprint density at radius 3 is 2.94 bits per heavy atom. The van der Waals surface area contributed by atoms with Gasteiger partial charge in [0.05, 0.1) is 6.10 Å². The standard InChI is InChI=1S/C14H28N2O/c1-12-5-8-16(9-13(12)17-3)11-14(2)6-4-7-15-10-14/h12-13,15H,4-11H2,1-3H3. The molecule has 1 N–H and O–H groups in total. The summed E-state index contributed by atoms with van der Waals surface area (Å²) in [5.74, 6) is 0.716. The van der Waals surface area contributed by atoms with Gasteiger partial charge in [-0.15, -0.1) is 0 Å². The minimum atomic E-state index is 0.434. The van der Waals surface area contributed by atoms with Crippen molar-refractivity contribution < 1.29 is 4.74 Å². The molecule has 0 aromatic carbocycles. The number of hydrogen-bond donors (Lipinski definition) is 1. The molecule has 100 valence electrons. The van der Waals surface area contributed by atoms with E-state index in [-0.39, 0.29) is 0 Å². The van der Waals surface area contributed by atoms with Crippen LogP contribution in [-0.2, 0) is 4.74 Å². The lowest BCUT2D eigenvalue weighted by atomic mass is 9.81. The number of piperidine rings is 2. The average molecular weight is 240 g/mol. The third kappa shape index (κ3) is 3.43. The van der Waals surface area contributed by atoms with Crippen LogP contribution in [0.25, 0.3) is 0 Å². The van der Waals surface area contributed by atoms with Gasteiger partial charge in [-0.05, 0) is 43.7 Å². The van der Waals surface area contributed by atoms with Gasteiger partial charge in [-0.1, -0.05) is 13.8 Å². The quantitative estimate of drug-likeness (QED) is 0.813. The number of rotatable bonds is 3. The Bertz CT molecular complexity index is 238. The van der Waals surface area contributed by atoms with E-state index in [0.29, 0.717) is 17.4 Å². The molecule has 3 unspecified atom stereocenters. The highest BCUT2D eigenvalue weighted by molar-refractivity contribution is 4.87. The monoisotopic (exact) mass is 240 g/mol. The summed E-state index contributed by atoms with van der Waals surface area (Å²) in [6.45, 7) is 10.7. The average Bonchev–Trinajstić information content (AvgIpc) is 2.32. The molecule has 2 aliphatic heterocycles. The van der Waals surface area contributed by atoms with Gasteiger partial charge in [-0.25, -0.2) is 0 Å². The molecule has 0 radical (unpaired) electrons. The van der Waals surface area contributed by atoms with Gasteiger partial charge in [-0.2, -0.15) is 0 Å². The molecule has 0 saturated carbocycles. The molecule has 2 fully saturated rings. The fourth-order valence-corrected chi connectivity index (χ4v) is 3.34. The van der Waals surface area contributed by atoms with E-state index in [1.807, 2.05) is 7.11 Å². The van der Waals surface area contributed by atoms with E-state index in [4.69, 9.17) is 4.74 Å². The summed E-state index contributed by atoms with van der Waals surface area (Å²) in [6.07, 6.45) is 4.41. The van der Waals surface area contributed by atoms with Crippen LogP contribution < -0.4 is 5.32 Å². The minimum absolute atomic E-state index is 0.434. The number of nitrogens with zero attached hydrogens (tertiary/aromatic N) is 1. The zero-order valence-electron chi connectivity index (χ0n) is 11.7. The summed E-state index contributed by atoms with van der Waals surface area (Å²) >= 11 is 0. The molecule has 3 heteroatoms. The second-order valence-corrected chi connectivity index (χ2v) is 6.37. The Labute approximate surface area is 106 Å². The lowest BCUT2D eigenvalue weighted by Crippen LogP contribution is -2.51. The van der Waals surface area contributed by atoms with Gasteiger partial charge in [0.15, 0.2) is 0 Å². The Balaban J connectivity index is 1.86. The first-order chi connectivity index (χ1) is 8.13. The molecular formula is C14H28N2O. The highest BCUT2D eigenvalue weighted by Crippen LogP contribution is 2.29. The van der Waals surface area contributed by atoms with E-state index in [1.54, 1.807) is 0 Å². The highest BCUT2D eigenvalue weighted by atomic mass is 16.5. The molecule has 0 aromatic rings. The van der Waals surface area contributed by atoms with Crippen LogP contribution in [0.1, 0.15) is 33.1 Å². The van der Waals surface area contributed by atoms with E-state index >= 15 is 0 Å². The summed E-state index contributed by atoms with van der Waals surface area (Å²) < 4.78 is 5.60. The number of ether oxygens (including phenoxy) is 1. The Kier molecular flexibility index (Phi) is 4.45.